The van der Waals surface area contributed by atoms with E-state index in [1.807, 2.05) is 42.4 Å². The summed E-state index contributed by atoms with van der Waals surface area (Å²) in [6.45, 7) is 5.37. The zero-order chi connectivity index (χ0) is 19.4. The van der Waals surface area contributed by atoms with Crippen molar-refractivity contribution < 1.29 is 9.53 Å². The number of imidazole rings is 1. The minimum Gasteiger partial charge on any atom is -0.496 e. The molecular formula is C21H30N4O2. The highest BCUT2D eigenvalue weighted by Gasteiger charge is 2.29. The standard InChI is InChI=1S/C21H30N4O2/c1-16-7-8-18(19(14-16)27-4)21(26)25-10-5-6-17(15-25)20-22-9-11-24(20)13-12-23(2)3/h7-9,11,14,17H,5-6,10,12-13,15H2,1-4H3. The Balaban J connectivity index is 1.75. The molecule has 1 saturated heterocycles. The Morgan fingerprint density at radius 3 is 2.93 bits per heavy atom. The lowest BCUT2D eigenvalue weighted by atomic mass is 9.96. The van der Waals surface area contributed by atoms with E-state index in [-0.39, 0.29) is 11.8 Å². The van der Waals surface area contributed by atoms with Crippen molar-refractivity contribution in [2.45, 2.75) is 32.2 Å². The molecule has 146 valence electrons. The van der Waals surface area contributed by atoms with Gasteiger partial charge in [-0.15, -0.1) is 0 Å². The molecular weight excluding hydrogens is 340 g/mol. The number of methoxy groups -OCH3 is 1. The van der Waals surface area contributed by atoms with E-state index in [4.69, 9.17) is 4.74 Å². The predicted octanol–water partition coefficient (Wildman–Crippen LogP) is 2.78. The van der Waals surface area contributed by atoms with Crippen molar-refractivity contribution in [3.63, 3.8) is 0 Å². The number of carbonyl (C=O) groups is 1. The normalized spacial score (nSPS) is 17.4. The van der Waals surface area contributed by atoms with Crippen molar-refractivity contribution >= 4 is 5.91 Å². The lowest BCUT2D eigenvalue weighted by molar-refractivity contribution is 0.0700. The van der Waals surface area contributed by atoms with Crippen LogP contribution >= 0.6 is 0 Å². The van der Waals surface area contributed by atoms with Gasteiger partial charge in [-0.3, -0.25) is 4.79 Å². The highest BCUT2D eigenvalue weighted by molar-refractivity contribution is 5.97. The lowest BCUT2D eigenvalue weighted by Gasteiger charge is -2.33. The van der Waals surface area contributed by atoms with Gasteiger partial charge in [0.05, 0.1) is 12.7 Å². The Bertz CT molecular complexity index is 784. The molecule has 6 heteroatoms. The zero-order valence-electron chi connectivity index (χ0n) is 16.8. The van der Waals surface area contributed by atoms with Gasteiger partial charge in [0.15, 0.2) is 0 Å². The SMILES string of the molecule is COc1cc(C)ccc1C(=O)N1CCCC(c2nccn2CCN(C)C)C1. The van der Waals surface area contributed by atoms with E-state index < -0.39 is 0 Å². The predicted molar refractivity (Wildman–Crippen MR) is 106 cm³/mol. The molecule has 0 saturated carbocycles. The molecule has 0 radical (unpaired) electrons. The third kappa shape index (κ3) is 4.50. The molecule has 1 fully saturated rings. The summed E-state index contributed by atoms with van der Waals surface area (Å²) in [5, 5.41) is 0. The van der Waals surface area contributed by atoms with Crippen molar-refractivity contribution in [3.8, 4) is 5.75 Å². The number of piperidine rings is 1. The molecule has 0 bridgehead atoms. The van der Waals surface area contributed by atoms with Gasteiger partial charge in [-0.25, -0.2) is 4.98 Å². The average Bonchev–Trinajstić information content (AvgIpc) is 3.14. The molecule has 6 nitrogen and oxygen atoms in total. The number of amides is 1. The maximum Gasteiger partial charge on any atom is 0.257 e. The van der Waals surface area contributed by atoms with Crippen LogP contribution in [0.3, 0.4) is 0 Å². The minimum absolute atomic E-state index is 0.0444. The summed E-state index contributed by atoms with van der Waals surface area (Å²) in [7, 11) is 5.77. The summed E-state index contributed by atoms with van der Waals surface area (Å²) in [4.78, 5) is 21.9. The number of rotatable bonds is 6. The van der Waals surface area contributed by atoms with Crippen molar-refractivity contribution in [1.29, 1.82) is 0 Å². The topological polar surface area (TPSA) is 50.6 Å². The second-order valence-electron chi connectivity index (χ2n) is 7.58. The number of nitrogens with zero attached hydrogens (tertiary/aromatic N) is 4. The molecule has 0 spiro atoms. The first-order valence-electron chi connectivity index (χ1n) is 9.59. The van der Waals surface area contributed by atoms with Crippen LogP contribution in [0.1, 0.15) is 40.5 Å². The summed E-state index contributed by atoms with van der Waals surface area (Å²) in [6, 6.07) is 5.76. The second-order valence-corrected chi connectivity index (χ2v) is 7.58. The van der Waals surface area contributed by atoms with Crippen molar-refractivity contribution in [1.82, 2.24) is 19.4 Å². The van der Waals surface area contributed by atoms with E-state index in [0.29, 0.717) is 17.9 Å². The Hall–Kier alpha value is -2.34. The Morgan fingerprint density at radius 1 is 1.37 bits per heavy atom. The van der Waals surface area contributed by atoms with E-state index in [2.05, 4.69) is 28.5 Å². The molecule has 1 unspecified atom stereocenters. The van der Waals surface area contributed by atoms with E-state index in [0.717, 1.165) is 43.9 Å². The number of ether oxygens (including phenoxy) is 1. The fourth-order valence-corrected chi connectivity index (χ4v) is 3.70. The third-order valence-corrected chi connectivity index (χ3v) is 5.20. The Morgan fingerprint density at radius 2 is 2.19 bits per heavy atom. The number of benzene rings is 1. The van der Waals surface area contributed by atoms with Gasteiger partial charge in [-0.2, -0.15) is 0 Å². The first-order chi connectivity index (χ1) is 13.0. The molecule has 1 amide bonds. The highest BCUT2D eigenvalue weighted by atomic mass is 16.5. The fraction of sp³-hybridized carbons (Fsp3) is 0.524. The summed E-state index contributed by atoms with van der Waals surface area (Å²) in [5.41, 5.74) is 1.72. The third-order valence-electron chi connectivity index (χ3n) is 5.20. The molecule has 1 aromatic carbocycles. The molecule has 1 aromatic heterocycles. The second kappa shape index (κ2) is 8.57. The van der Waals surface area contributed by atoms with Crippen LogP contribution in [0.5, 0.6) is 5.75 Å². The van der Waals surface area contributed by atoms with Gasteiger partial charge < -0.3 is 19.1 Å². The number of aryl methyl sites for hydroxylation is 1. The zero-order valence-corrected chi connectivity index (χ0v) is 16.8. The summed E-state index contributed by atoms with van der Waals surface area (Å²) in [6.07, 6.45) is 5.97. The summed E-state index contributed by atoms with van der Waals surface area (Å²) in [5.74, 6) is 2.05. The molecule has 1 atom stereocenters. The summed E-state index contributed by atoms with van der Waals surface area (Å²) >= 11 is 0. The molecule has 1 aliphatic heterocycles. The Kier molecular flexibility index (Phi) is 6.16. The minimum atomic E-state index is 0.0444. The van der Waals surface area contributed by atoms with Gasteiger partial charge in [0.1, 0.15) is 11.6 Å². The van der Waals surface area contributed by atoms with Gasteiger partial charge in [0.25, 0.3) is 5.91 Å². The molecule has 0 N–H and O–H groups in total. The van der Waals surface area contributed by atoms with Gasteiger partial charge in [0.2, 0.25) is 0 Å². The fourth-order valence-electron chi connectivity index (χ4n) is 3.70. The van der Waals surface area contributed by atoms with Gasteiger partial charge in [-0.1, -0.05) is 6.07 Å². The van der Waals surface area contributed by atoms with Crippen molar-refractivity contribution in [3.05, 3.63) is 47.5 Å². The first kappa shape index (κ1) is 19.4. The molecule has 27 heavy (non-hydrogen) atoms. The number of likely N-dealkylation sites (N-methyl/N-ethyl adjacent to an activating group) is 1. The molecule has 2 aromatic rings. The molecule has 3 rings (SSSR count). The summed E-state index contributed by atoms with van der Waals surface area (Å²) < 4.78 is 7.67. The van der Waals surface area contributed by atoms with Crippen LogP contribution in [0.2, 0.25) is 0 Å². The number of aromatic nitrogens is 2. The first-order valence-corrected chi connectivity index (χ1v) is 9.59. The van der Waals surface area contributed by atoms with Gasteiger partial charge >= 0.3 is 0 Å². The Labute approximate surface area is 161 Å². The van der Waals surface area contributed by atoms with Crippen LogP contribution in [0, 0.1) is 6.92 Å². The van der Waals surface area contributed by atoms with Crippen LogP contribution in [0.15, 0.2) is 30.6 Å². The number of hydrogen-bond acceptors (Lipinski definition) is 4. The van der Waals surface area contributed by atoms with Crippen LogP contribution in [0.4, 0.5) is 0 Å². The van der Waals surface area contributed by atoms with E-state index in [9.17, 15) is 4.79 Å². The highest BCUT2D eigenvalue weighted by Crippen LogP contribution is 2.29. The van der Waals surface area contributed by atoms with Crippen LogP contribution < -0.4 is 4.74 Å². The number of carbonyl (C=O) groups excluding carboxylic acids is 1. The van der Waals surface area contributed by atoms with Gasteiger partial charge in [0, 0.05) is 44.5 Å². The van der Waals surface area contributed by atoms with Gasteiger partial charge in [-0.05, 0) is 51.6 Å². The maximum atomic E-state index is 13.1. The number of hydrogen-bond donors (Lipinski definition) is 0. The monoisotopic (exact) mass is 370 g/mol. The maximum absolute atomic E-state index is 13.1. The van der Waals surface area contributed by atoms with E-state index >= 15 is 0 Å². The largest absolute Gasteiger partial charge is 0.496 e. The average molecular weight is 370 g/mol. The molecule has 0 aliphatic carbocycles. The van der Waals surface area contributed by atoms with Crippen LogP contribution in [0.25, 0.3) is 0 Å². The van der Waals surface area contributed by atoms with Crippen LogP contribution in [-0.4, -0.2) is 66.1 Å². The van der Waals surface area contributed by atoms with Crippen LogP contribution in [-0.2, 0) is 6.54 Å². The lowest BCUT2D eigenvalue weighted by Crippen LogP contribution is -2.40. The van der Waals surface area contributed by atoms with E-state index in [1.165, 1.54) is 0 Å². The van der Waals surface area contributed by atoms with E-state index in [1.54, 1.807) is 7.11 Å². The quantitative estimate of drug-likeness (QED) is 0.785. The van der Waals surface area contributed by atoms with Crippen molar-refractivity contribution in [2.75, 3.05) is 40.8 Å². The smallest absolute Gasteiger partial charge is 0.257 e. The van der Waals surface area contributed by atoms with Crippen molar-refractivity contribution in [2.24, 2.45) is 0 Å². The molecule has 1 aliphatic rings. The molecule has 2 heterocycles. The number of likely N-dealkylation sites (tertiary alicyclic amines) is 1.